The van der Waals surface area contributed by atoms with Crippen LogP contribution in [0.2, 0.25) is 0 Å². The Morgan fingerprint density at radius 2 is 2.06 bits per heavy atom. The normalized spacial score (nSPS) is 17.1. The lowest BCUT2D eigenvalue weighted by atomic mass is 9.98. The monoisotopic (exact) mass is 218 g/mol. The van der Waals surface area contributed by atoms with Crippen LogP contribution in [0.25, 0.3) is 6.08 Å². The number of carbonyl (C=O) groups is 1. The number of hydrogen-bond acceptors (Lipinski definition) is 3. The van der Waals surface area contributed by atoms with E-state index in [1.54, 1.807) is 38.1 Å². The first-order chi connectivity index (χ1) is 7.40. The van der Waals surface area contributed by atoms with E-state index in [-0.39, 0.29) is 11.5 Å². The molecule has 1 N–H and O–H groups in total. The summed E-state index contributed by atoms with van der Waals surface area (Å²) >= 11 is 0. The second-order valence-corrected chi connectivity index (χ2v) is 4.45. The maximum Gasteiger partial charge on any atom is 0.160 e. The predicted octanol–water partition coefficient (Wildman–Crippen LogP) is 2.96. The molecule has 1 aliphatic rings. The lowest BCUT2D eigenvalue weighted by Gasteiger charge is -2.30. The number of Topliss-reactive ketones (excluding diaryl/α,β-unsaturated/α-hetero) is 1. The lowest BCUT2D eigenvalue weighted by molar-refractivity contribution is 0.0935. The molecule has 0 unspecified atom stereocenters. The molecule has 1 aliphatic heterocycles. The molecule has 3 heteroatoms. The van der Waals surface area contributed by atoms with Crippen molar-refractivity contribution in [2.75, 3.05) is 0 Å². The van der Waals surface area contributed by atoms with Crippen LogP contribution in [0.3, 0.4) is 0 Å². The van der Waals surface area contributed by atoms with E-state index in [1.165, 1.54) is 6.92 Å². The summed E-state index contributed by atoms with van der Waals surface area (Å²) < 4.78 is 5.64. The van der Waals surface area contributed by atoms with Crippen molar-refractivity contribution in [3.63, 3.8) is 0 Å². The first kappa shape index (κ1) is 10.7. The van der Waals surface area contributed by atoms with E-state index < -0.39 is 5.60 Å². The first-order valence-corrected chi connectivity index (χ1v) is 5.15. The van der Waals surface area contributed by atoms with Gasteiger partial charge in [-0.25, -0.2) is 0 Å². The number of carbonyl (C=O) groups excluding carboxylic acids is 1. The van der Waals surface area contributed by atoms with Crippen molar-refractivity contribution in [1.82, 2.24) is 0 Å². The highest BCUT2D eigenvalue weighted by Gasteiger charge is 2.30. The smallest absolute Gasteiger partial charge is 0.160 e. The predicted molar refractivity (Wildman–Crippen MR) is 61.8 cm³/mol. The maximum atomic E-state index is 11.2. The van der Waals surface area contributed by atoms with Gasteiger partial charge >= 0.3 is 0 Å². The van der Waals surface area contributed by atoms with E-state index in [4.69, 9.17) is 4.74 Å². The molecule has 0 radical (unpaired) electrons. The average molecular weight is 218 g/mol. The standard InChI is InChI=1S/C13H14O3/c1-8(14)9-4-5-11-10(6-9)7-12(15)13(2,3)16-11/h4-7,15H,1-3H3. The van der Waals surface area contributed by atoms with Crippen molar-refractivity contribution in [3.8, 4) is 5.75 Å². The third-order valence-corrected chi connectivity index (χ3v) is 2.69. The quantitative estimate of drug-likeness (QED) is 0.737. The number of aliphatic hydroxyl groups excluding tert-OH is 1. The van der Waals surface area contributed by atoms with E-state index in [0.29, 0.717) is 11.3 Å². The van der Waals surface area contributed by atoms with Gasteiger partial charge in [0.2, 0.25) is 0 Å². The van der Waals surface area contributed by atoms with Crippen LogP contribution >= 0.6 is 0 Å². The molecule has 0 saturated carbocycles. The zero-order chi connectivity index (χ0) is 11.9. The molecular formula is C13H14O3. The molecule has 0 aromatic heterocycles. The molecule has 0 atom stereocenters. The zero-order valence-electron chi connectivity index (χ0n) is 9.57. The third kappa shape index (κ3) is 1.69. The fourth-order valence-corrected chi connectivity index (χ4v) is 1.62. The SMILES string of the molecule is CC(=O)c1ccc2c(c1)C=C(O)C(C)(C)O2. The summed E-state index contributed by atoms with van der Waals surface area (Å²) in [4.78, 5) is 11.2. The number of benzene rings is 1. The zero-order valence-corrected chi connectivity index (χ0v) is 9.57. The van der Waals surface area contributed by atoms with E-state index in [2.05, 4.69) is 0 Å². The van der Waals surface area contributed by atoms with Gasteiger partial charge in [0.05, 0.1) is 0 Å². The summed E-state index contributed by atoms with van der Waals surface area (Å²) in [5.74, 6) is 0.856. The molecule has 0 bridgehead atoms. The Kier molecular flexibility index (Phi) is 2.26. The minimum atomic E-state index is -0.704. The molecule has 16 heavy (non-hydrogen) atoms. The van der Waals surface area contributed by atoms with Crippen molar-refractivity contribution >= 4 is 11.9 Å². The van der Waals surface area contributed by atoms with E-state index >= 15 is 0 Å². The van der Waals surface area contributed by atoms with Crippen molar-refractivity contribution < 1.29 is 14.6 Å². The summed E-state index contributed by atoms with van der Waals surface area (Å²) in [7, 11) is 0. The van der Waals surface area contributed by atoms with Crippen LogP contribution in [0, 0.1) is 0 Å². The second kappa shape index (κ2) is 3.37. The topological polar surface area (TPSA) is 46.5 Å². The Bertz CT molecular complexity index is 484. The summed E-state index contributed by atoms with van der Waals surface area (Å²) in [6.45, 7) is 5.10. The molecule has 2 rings (SSSR count). The molecule has 3 nitrogen and oxygen atoms in total. The minimum absolute atomic E-state index is 0.000485. The van der Waals surface area contributed by atoms with Gasteiger partial charge in [-0.2, -0.15) is 0 Å². The fraction of sp³-hybridized carbons (Fsp3) is 0.308. The van der Waals surface area contributed by atoms with Crippen molar-refractivity contribution in [2.24, 2.45) is 0 Å². The van der Waals surface area contributed by atoms with Crippen molar-refractivity contribution in [1.29, 1.82) is 0 Å². The first-order valence-electron chi connectivity index (χ1n) is 5.15. The molecule has 1 aromatic rings. The van der Waals surface area contributed by atoms with E-state index in [0.717, 1.165) is 5.56 Å². The minimum Gasteiger partial charge on any atom is -0.508 e. The van der Waals surface area contributed by atoms with Gasteiger partial charge in [0, 0.05) is 11.1 Å². The van der Waals surface area contributed by atoms with Crippen LogP contribution in [0.5, 0.6) is 5.75 Å². The number of aliphatic hydroxyl groups is 1. The van der Waals surface area contributed by atoms with Gasteiger partial charge < -0.3 is 9.84 Å². The molecule has 0 spiro atoms. The van der Waals surface area contributed by atoms with Gasteiger partial charge in [-0.1, -0.05) is 0 Å². The Labute approximate surface area is 94.4 Å². The largest absolute Gasteiger partial charge is 0.508 e. The third-order valence-electron chi connectivity index (χ3n) is 2.69. The number of ether oxygens (including phenoxy) is 1. The van der Waals surface area contributed by atoms with Gasteiger partial charge in [0.1, 0.15) is 11.5 Å². The van der Waals surface area contributed by atoms with Gasteiger partial charge in [0.25, 0.3) is 0 Å². The summed E-state index contributed by atoms with van der Waals surface area (Å²) in [5, 5.41) is 9.76. The second-order valence-electron chi connectivity index (χ2n) is 4.45. The lowest BCUT2D eigenvalue weighted by Crippen LogP contribution is -2.33. The van der Waals surface area contributed by atoms with Crippen molar-refractivity contribution in [2.45, 2.75) is 26.4 Å². The van der Waals surface area contributed by atoms with Crippen LogP contribution in [0.4, 0.5) is 0 Å². The molecular weight excluding hydrogens is 204 g/mol. The highest BCUT2D eigenvalue weighted by molar-refractivity contribution is 5.95. The van der Waals surface area contributed by atoms with Gasteiger partial charge in [-0.3, -0.25) is 4.79 Å². The average Bonchev–Trinajstić information content (AvgIpc) is 2.18. The number of hydrogen-bond donors (Lipinski definition) is 1. The van der Waals surface area contributed by atoms with Crippen LogP contribution in [0.1, 0.15) is 36.7 Å². The van der Waals surface area contributed by atoms with Crippen molar-refractivity contribution in [3.05, 3.63) is 35.1 Å². The van der Waals surface area contributed by atoms with E-state index in [1.807, 2.05) is 0 Å². The summed E-state index contributed by atoms with van der Waals surface area (Å²) in [6, 6.07) is 5.22. The Morgan fingerprint density at radius 1 is 1.38 bits per heavy atom. The summed E-state index contributed by atoms with van der Waals surface area (Å²) in [5.41, 5.74) is 0.653. The molecule has 84 valence electrons. The van der Waals surface area contributed by atoms with Gasteiger partial charge in [-0.05, 0) is 45.0 Å². The highest BCUT2D eigenvalue weighted by Crippen LogP contribution is 2.34. The van der Waals surface area contributed by atoms with Gasteiger partial charge in [0.15, 0.2) is 11.4 Å². The van der Waals surface area contributed by atoms with Crippen LogP contribution < -0.4 is 4.74 Å². The van der Waals surface area contributed by atoms with Crippen LogP contribution in [0.15, 0.2) is 24.0 Å². The van der Waals surface area contributed by atoms with Gasteiger partial charge in [-0.15, -0.1) is 0 Å². The fourth-order valence-electron chi connectivity index (χ4n) is 1.62. The molecule has 1 aromatic carbocycles. The molecule has 0 fully saturated rings. The van der Waals surface area contributed by atoms with Crippen LogP contribution in [-0.4, -0.2) is 16.5 Å². The molecule has 0 saturated heterocycles. The Hall–Kier alpha value is -1.77. The molecule has 1 heterocycles. The summed E-state index contributed by atoms with van der Waals surface area (Å²) in [6.07, 6.45) is 1.64. The number of rotatable bonds is 1. The van der Waals surface area contributed by atoms with Crippen LogP contribution in [-0.2, 0) is 0 Å². The molecule has 0 aliphatic carbocycles. The Balaban J connectivity index is 2.51. The highest BCUT2D eigenvalue weighted by atomic mass is 16.5. The molecule has 0 amide bonds. The van der Waals surface area contributed by atoms with E-state index in [9.17, 15) is 9.90 Å². The number of fused-ring (bicyclic) bond motifs is 1. The maximum absolute atomic E-state index is 11.2. The number of ketones is 1. The Morgan fingerprint density at radius 3 is 2.69 bits per heavy atom.